The smallest absolute Gasteiger partial charge is 0.0594 e. The topological polar surface area (TPSA) is 24.5 Å². The maximum atomic E-state index is 5.50. The minimum Gasteiger partial charge on any atom is -0.379 e. The number of rotatable bonds is 6. The second-order valence-electron chi connectivity index (χ2n) is 5.80. The molecule has 0 bridgehead atoms. The zero-order valence-corrected chi connectivity index (χ0v) is 13.9. The Balaban J connectivity index is 1.60. The number of thiophene rings is 1. The van der Waals surface area contributed by atoms with Crippen LogP contribution in [0.3, 0.4) is 0 Å². The Labute approximate surface area is 136 Å². The predicted octanol–water partition coefficient (Wildman–Crippen LogP) is 3.22. The van der Waals surface area contributed by atoms with Gasteiger partial charge in [-0.3, -0.25) is 4.90 Å². The van der Waals surface area contributed by atoms with Crippen molar-refractivity contribution in [2.45, 2.75) is 19.5 Å². The average molecular weight is 316 g/mol. The van der Waals surface area contributed by atoms with E-state index in [-0.39, 0.29) is 0 Å². The monoisotopic (exact) mass is 316 g/mol. The lowest BCUT2D eigenvalue weighted by Crippen LogP contribution is -2.42. The summed E-state index contributed by atoms with van der Waals surface area (Å²) in [4.78, 5) is 3.98. The number of nitrogens with one attached hydrogen (secondary N) is 1. The van der Waals surface area contributed by atoms with E-state index in [0.29, 0.717) is 6.04 Å². The number of benzene rings is 1. The van der Waals surface area contributed by atoms with Gasteiger partial charge in [0.2, 0.25) is 0 Å². The number of morpholine rings is 1. The highest BCUT2D eigenvalue weighted by Gasteiger charge is 2.22. The van der Waals surface area contributed by atoms with Gasteiger partial charge in [0.1, 0.15) is 0 Å². The van der Waals surface area contributed by atoms with Crippen molar-refractivity contribution in [3.8, 4) is 0 Å². The molecule has 2 aromatic rings. The van der Waals surface area contributed by atoms with Crippen molar-refractivity contribution >= 4 is 11.3 Å². The molecule has 1 aromatic heterocycles. The molecule has 1 N–H and O–H groups in total. The lowest BCUT2D eigenvalue weighted by Gasteiger charge is -2.34. The Kier molecular flexibility index (Phi) is 5.62. The molecule has 1 aliphatic heterocycles. The molecule has 0 radical (unpaired) electrons. The lowest BCUT2D eigenvalue weighted by molar-refractivity contribution is 0.0168. The molecule has 118 valence electrons. The van der Waals surface area contributed by atoms with Crippen LogP contribution in [0.25, 0.3) is 0 Å². The summed E-state index contributed by atoms with van der Waals surface area (Å²) >= 11 is 1.85. The van der Waals surface area contributed by atoms with Gasteiger partial charge in [0.05, 0.1) is 19.3 Å². The second-order valence-corrected chi connectivity index (χ2v) is 6.78. The lowest BCUT2D eigenvalue weighted by atomic mass is 10.1. The SMILES string of the molecule is Cc1cccc(CNCC(c2cccs2)N2CCOCC2)c1. The van der Waals surface area contributed by atoms with Gasteiger partial charge in [-0.1, -0.05) is 35.9 Å². The summed E-state index contributed by atoms with van der Waals surface area (Å²) in [5.41, 5.74) is 2.68. The summed E-state index contributed by atoms with van der Waals surface area (Å²) in [6, 6.07) is 13.6. The van der Waals surface area contributed by atoms with Crippen LogP contribution >= 0.6 is 11.3 Å². The molecule has 1 fully saturated rings. The number of ether oxygens (including phenoxy) is 1. The van der Waals surface area contributed by atoms with Gasteiger partial charge in [0, 0.05) is 31.1 Å². The van der Waals surface area contributed by atoms with Crippen LogP contribution in [-0.4, -0.2) is 37.7 Å². The molecule has 0 saturated carbocycles. The van der Waals surface area contributed by atoms with Crippen LogP contribution in [0.5, 0.6) is 0 Å². The Bertz CT molecular complexity index is 564. The molecule has 0 spiro atoms. The van der Waals surface area contributed by atoms with E-state index in [1.807, 2.05) is 11.3 Å². The van der Waals surface area contributed by atoms with E-state index in [4.69, 9.17) is 4.74 Å². The molecule has 1 atom stereocenters. The van der Waals surface area contributed by atoms with E-state index in [1.54, 1.807) is 0 Å². The first kappa shape index (κ1) is 15.7. The van der Waals surface area contributed by atoms with Crippen LogP contribution in [0, 0.1) is 6.92 Å². The van der Waals surface area contributed by atoms with Crippen LogP contribution in [0.1, 0.15) is 22.0 Å². The first-order chi connectivity index (χ1) is 10.8. The molecule has 0 aliphatic carbocycles. The first-order valence-corrected chi connectivity index (χ1v) is 8.82. The molecule has 2 heterocycles. The van der Waals surface area contributed by atoms with Gasteiger partial charge in [0.15, 0.2) is 0 Å². The molecule has 3 rings (SSSR count). The van der Waals surface area contributed by atoms with E-state index >= 15 is 0 Å². The fraction of sp³-hybridized carbons (Fsp3) is 0.444. The Hall–Kier alpha value is -1.20. The second kappa shape index (κ2) is 7.88. The molecular weight excluding hydrogens is 292 g/mol. The highest BCUT2D eigenvalue weighted by atomic mass is 32.1. The number of aryl methyl sites for hydroxylation is 1. The number of nitrogens with zero attached hydrogens (tertiary/aromatic N) is 1. The third kappa shape index (κ3) is 4.17. The van der Waals surface area contributed by atoms with Gasteiger partial charge in [-0.25, -0.2) is 0 Å². The van der Waals surface area contributed by atoms with Crippen molar-refractivity contribution in [1.82, 2.24) is 10.2 Å². The van der Waals surface area contributed by atoms with Crippen LogP contribution < -0.4 is 5.32 Å². The normalized spacial score (nSPS) is 17.5. The molecule has 22 heavy (non-hydrogen) atoms. The van der Waals surface area contributed by atoms with Crippen molar-refractivity contribution < 1.29 is 4.74 Å². The Morgan fingerprint density at radius 2 is 2.09 bits per heavy atom. The van der Waals surface area contributed by atoms with Gasteiger partial charge < -0.3 is 10.1 Å². The summed E-state index contributed by atoms with van der Waals surface area (Å²) in [6.45, 7) is 7.79. The fourth-order valence-electron chi connectivity index (χ4n) is 2.95. The summed E-state index contributed by atoms with van der Waals surface area (Å²) in [5, 5.41) is 5.81. The summed E-state index contributed by atoms with van der Waals surface area (Å²) in [5.74, 6) is 0. The first-order valence-electron chi connectivity index (χ1n) is 7.94. The van der Waals surface area contributed by atoms with Crippen LogP contribution in [0.15, 0.2) is 41.8 Å². The molecule has 3 nitrogen and oxygen atoms in total. The maximum Gasteiger partial charge on any atom is 0.0594 e. The van der Waals surface area contributed by atoms with Gasteiger partial charge in [0.25, 0.3) is 0 Å². The minimum absolute atomic E-state index is 0.453. The Morgan fingerprint density at radius 3 is 2.82 bits per heavy atom. The molecular formula is C18H24N2OS. The maximum absolute atomic E-state index is 5.50. The van der Waals surface area contributed by atoms with E-state index in [1.165, 1.54) is 16.0 Å². The van der Waals surface area contributed by atoms with Crippen LogP contribution in [-0.2, 0) is 11.3 Å². The molecule has 0 amide bonds. The van der Waals surface area contributed by atoms with Crippen LogP contribution in [0.4, 0.5) is 0 Å². The van der Waals surface area contributed by atoms with Crippen LogP contribution in [0.2, 0.25) is 0 Å². The molecule has 1 saturated heterocycles. The van der Waals surface area contributed by atoms with Crippen molar-refractivity contribution in [1.29, 1.82) is 0 Å². The van der Waals surface area contributed by atoms with Gasteiger partial charge >= 0.3 is 0 Å². The highest BCUT2D eigenvalue weighted by Crippen LogP contribution is 2.25. The predicted molar refractivity (Wildman–Crippen MR) is 92.3 cm³/mol. The van der Waals surface area contributed by atoms with Gasteiger partial charge in [-0.2, -0.15) is 0 Å². The molecule has 1 unspecified atom stereocenters. The zero-order valence-electron chi connectivity index (χ0n) is 13.1. The molecule has 4 heteroatoms. The summed E-state index contributed by atoms with van der Waals surface area (Å²) < 4.78 is 5.50. The van der Waals surface area contributed by atoms with Crippen molar-refractivity contribution in [2.24, 2.45) is 0 Å². The molecule has 1 aliphatic rings. The number of hydrogen-bond acceptors (Lipinski definition) is 4. The summed E-state index contributed by atoms with van der Waals surface area (Å²) in [7, 11) is 0. The van der Waals surface area contributed by atoms with E-state index < -0.39 is 0 Å². The van der Waals surface area contributed by atoms with Gasteiger partial charge in [-0.15, -0.1) is 11.3 Å². The highest BCUT2D eigenvalue weighted by molar-refractivity contribution is 7.10. The fourth-order valence-corrected chi connectivity index (χ4v) is 3.82. The quantitative estimate of drug-likeness (QED) is 0.885. The third-order valence-corrected chi connectivity index (χ3v) is 5.08. The standard InChI is InChI=1S/C18H24N2OS/c1-15-4-2-5-16(12-15)13-19-14-17(18-6-3-11-22-18)20-7-9-21-10-8-20/h2-6,11-12,17,19H,7-10,13-14H2,1H3. The van der Waals surface area contributed by atoms with E-state index in [2.05, 4.69) is 58.9 Å². The summed E-state index contributed by atoms with van der Waals surface area (Å²) in [6.07, 6.45) is 0. The minimum atomic E-state index is 0.453. The molecule has 1 aromatic carbocycles. The van der Waals surface area contributed by atoms with Crippen molar-refractivity contribution in [3.63, 3.8) is 0 Å². The van der Waals surface area contributed by atoms with E-state index in [9.17, 15) is 0 Å². The van der Waals surface area contributed by atoms with Gasteiger partial charge in [-0.05, 0) is 23.9 Å². The van der Waals surface area contributed by atoms with Crippen molar-refractivity contribution in [3.05, 3.63) is 57.8 Å². The zero-order chi connectivity index (χ0) is 15.2. The Morgan fingerprint density at radius 1 is 1.23 bits per heavy atom. The third-order valence-electron chi connectivity index (χ3n) is 4.11. The number of hydrogen-bond donors (Lipinski definition) is 1. The average Bonchev–Trinajstić information content (AvgIpc) is 3.07. The van der Waals surface area contributed by atoms with E-state index in [0.717, 1.165) is 39.4 Å². The largest absolute Gasteiger partial charge is 0.379 e. The van der Waals surface area contributed by atoms with Crippen molar-refractivity contribution in [2.75, 3.05) is 32.8 Å².